The molecule has 2 N–H and O–H groups in total. The van der Waals surface area contributed by atoms with Gasteiger partial charge >= 0.3 is 0 Å². The van der Waals surface area contributed by atoms with Gasteiger partial charge in [0, 0.05) is 22.1 Å². The van der Waals surface area contributed by atoms with Crippen LogP contribution in [0.15, 0.2) is 28.7 Å². The number of nitrogens with one attached hydrogen (secondary N) is 2. The Hall–Kier alpha value is -1.37. The first-order chi connectivity index (χ1) is 10.1. The Kier molecular flexibility index (Phi) is 4.01. The summed E-state index contributed by atoms with van der Waals surface area (Å²) in [6, 6.07) is 7.77. The fraction of sp³-hybridized carbons (Fsp3) is 0.143. The quantitative estimate of drug-likeness (QED) is 0.652. The van der Waals surface area contributed by atoms with E-state index in [1.165, 1.54) is 4.88 Å². The zero-order valence-electron chi connectivity index (χ0n) is 11.4. The molecule has 0 spiro atoms. The lowest BCUT2D eigenvalue weighted by Gasteiger charge is -2.09. The van der Waals surface area contributed by atoms with Crippen LogP contribution >= 0.6 is 38.9 Å². The Morgan fingerprint density at radius 2 is 2.05 bits per heavy atom. The van der Waals surface area contributed by atoms with E-state index in [0.717, 1.165) is 26.2 Å². The third-order valence-corrected chi connectivity index (χ3v) is 5.08. The number of anilines is 3. The maximum absolute atomic E-state index is 6.02. The third kappa shape index (κ3) is 2.97. The van der Waals surface area contributed by atoms with E-state index in [0.29, 0.717) is 11.0 Å². The van der Waals surface area contributed by atoms with Crippen LogP contribution < -0.4 is 10.6 Å². The molecule has 0 saturated carbocycles. The number of hydrogen-bond acceptors (Lipinski definition) is 5. The third-order valence-electron chi connectivity index (χ3n) is 2.92. The Morgan fingerprint density at radius 3 is 2.76 bits per heavy atom. The Labute approximate surface area is 139 Å². The highest BCUT2D eigenvalue weighted by Crippen LogP contribution is 2.32. The number of halogens is 2. The molecule has 0 aliphatic heterocycles. The van der Waals surface area contributed by atoms with Crippen LogP contribution in [0.5, 0.6) is 0 Å². The summed E-state index contributed by atoms with van der Waals surface area (Å²) >= 11 is 11.1. The Bertz CT molecular complexity index is 818. The van der Waals surface area contributed by atoms with Gasteiger partial charge in [-0.25, -0.2) is 4.98 Å². The number of rotatable bonds is 3. The van der Waals surface area contributed by atoms with Crippen molar-refractivity contribution < 1.29 is 0 Å². The van der Waals surface area contributed by atoms with Crippen LogP contribution in [0, 0.1) is 6.92 Å². The van der Waals surface area contributed by atoms with Gasteiger partial charge in [0.2, 0.25) is 5.95 Å². The number of hydrogen-bond donors (Lipinski definition) is 2. The SMILES string of the molecule is CNc1nc(Nc2ccc(Cl)c(Br)c2)c2cc(C)sc2n1. The van der Waals surface area contributed by atoms with Gasteiger partial charge in [-0.3, -0.25) is 0 Å². The Balaban J connectivity index is 2.07. The van der Waals surface area contributed by atoms with Gasteiger partial charge in [-0.1, -0.05) is 11.6 Å². The van der Waals surface area contributed by atoms with E-state index < -0.39 is 0 Å². The Morgan fingerprint density at radius 1 is 1.24 bits per heavy atom. The van der Waals surface area contributed by atoms with E-state index in [-0.39, 0.29) is 0 Å². The number of nitrogens with zero attached hydrogens (tertiary/aromatic N) is 2. The van der Waals surface area contributed by atoms with Gasteiger partial charge in [0.15, 0.2) is 0 Å². The molecule has 4 nitrogen and oxygen atoms in total. The second-order valence-corrected chi connectivity index (χ2v) is 6.97. The molecule has 0 unspecified atom stereocenters. The fourth-order valence-corrected chi connectivity index (χ4v) is 3.34. The second kappa shape index (κ2) is 5.79. The molecule has 2 aromatic heterocycles. The fourth-order valence-electron chi connectivity index (χ4n) is 1.96. The second-order valence-electron chi connectivity index (χ2n) is 4.48. The van der Waals surface area contributed by atoms with Crippen molar-refractivity contribution >= 4 is 66.5 Å². The average molecular weight is 384 g/mol. The van der Waals surface area contributed by atoms with Gasteiger partial charge in [-0.05, 0) is 47.1 Å². The maximum Gasteiger partial charge on any atom is 0.225 e. The monoisotopic (exact) mass is 382 g/mol. The molecule has 21 heavy (non-hydrogen) atoms. The smallest absolute Gasteiger partial charge is 0.225 e. The summed E-state index contributed by atoms with van der Waals surface area (Å²) in [7, 11) is 1.81. The summed E-state index contributed by atoms with van der Waals surface area (Å²) in [5, 5.41) is 8.01. The van der Waals surface area contributed by atoms with Gasteiger partial charge in [-0.2, -0.15) is 4.98 Å². The first-order valence-electron chi connectivity index (χ1n) is 6.25. The van der Waals surface area contributed by atoms with Crippen LogP contribution in [0.1, 0.15) is 4.88 Å². The summed E-state index contributed by atoms with van der Waals surface area (Å²) in [5.74, 6) is 1.38. The van der Waals surface area contributed by atoms with Crippen molar-refractivity contribution in [2.45, 2.75) is 6.92 Å². The van der Waals surface area contributed by atoms with Crippen molar-refractivity contribution in [3.63, 3.8) is 0 Å². The first-order valence-corrected chi connectivity index (χ1v) is 8.23. The topological polar surface area (TPSA) is 49.8 Å². The summed E-state index contributed by atoms with van der Waals surface area (Å²) in [6.07, 6.45) is 0. The molecular weight excluding hydrogens is 372 g/mol. The molecule has 0 amide bonds. The highest BCUT2D eigenvalue weighted by atomic mass is 79.9. The van der Waals surface area contributed by atoms with E-state index in [1.54, 1.807) is 11.3 Å². The van der Waals surface area contributed by atoms with E-state index in [9.17, 15) is 0 Å². The summed E-state index contributed by atoms with van der Waals surface area (Å²) in [6.45, 7) is 2.06. The standard InChI is InChI=1S/C14H12BrClN4S/c1-7-5-9-12(19-14(17-2)20-13(9)21-7)18-8-3-4-11(16)10(15)6-8/h3-6H,1-2H3,(H2,17,18,19,20). The van der Waals surface area contributed by atoms with E-state index in [4.69, 9.17) is 11.6 Å². The molecule has 0 aliphatic rings. The van der Waals surface area contributed by atoms with Crippen molar-refractivity contribution in [2.75, 3.05) is 17.7 Å². The van der Waals surface area contributed by atoms with Gasteiger partial charge in [0.25, 0.3) is 0 Å². The molecule has 0 saturated heterocycles. The number of fused-ring (bicyclic) bond motifs is 1. The van der Waals surface area contributed by atoms with Crippen LogP contribution in [-0.2, 0) is 0 Å². The van der Waals surface area contributed by atoms with Crippen molar-refractivity contribution in [3.8, 4) is 0 Å². The molecular formula is C14H12BrClN4S. The maximum atomic E-state index is 6.02. The zero-order valence-corrected chi connectivity index (χ0v) is 14.5. The van der Waals surface area contributed by atoms with Crippen LogP contribution in [-0.4, -0.2) is 17.0 Å². The van der Waals surface area contributed by atoms with Gasteiger partial charge < -0.3 is 10.6 Å². The van der Waals surface area contributed by atoms with E-state index in [2.05, 4.69) is 49.5 Å². The van der Waals surface area contributed by atoms with Crippen LogP contribution in [0.3, 0.4) is 0 Å². The number of thiophene rings is 1. The van der Waals surface area contributed by atoms with Crippen molar-refractivity contribution in [1.82, 2.24) is 9.97 Å². The summed E-state index contributed by atoms with van der Waals surface area (Å²) < 4.78 is 0.842. The molecule has 0 bridgehead atoms. The number of aryl methyl sites for hydroxylation is 1. The van der Waals surface area contributed by atoms with Gasteiger partial charge in [-0.15, -0.1) is 11.3 Å². The predicted octanol–water partition coefficient (Wildman–Crippen LogP) is 5.20. The molecule has 3 aromatic rings. The largest absolute Gasteiger partial charge is 0.357 e. The molecule has 0 atom stereocenters. The number of benzene rings is 1. The van der Waals surface area contributed by atoms with Crippen LogP contribution in [0.2, 0.25) is 5.02 Å². The molecule has 0 radical (unpaired) electrons. The lowest BCUT2D eigenvalue weighted by Crippen LogP contribution is -2.00. The van der Waals surface area contributed by atoms with Crippen molar-refractivity contribution in [2.24, 2.45) is 0 Å². The van der Waals surface area contributed by atoms with Crippen molar-refractivity contribution in [1.29, 1.82) is 0 Å². The van der Waals surface area contributed by atoms with Crippen LogP contribution in [0.4, 0.5) is 17.5 Å². The molecule has 1 aromatic carbocycles. The molecule has 0 fully saturated rings. The predicted molar refractivity (Wildman–Crippen MR) is 94.1 cm³/mol. The minimum absolute atomic E-state index is 0.597. The van der Waals surface area contributed by atoms with Crippen LogP contribution in [0.25, 0.3) is 10.2 Å². The lowest BCUT2D eigenvalue weighted by atomic mass is 10.3. The highest BCUT2D eigenvalue weighted by molar-refractivity contribution is 9.10. The minimum atomic E-state index is 0.597. The molecule has 0 aliphatic carbocycles. The van der Waals surface area contributed by atoms with Gasteiger partial charge in [0.05, 0.1) is 10.4 Å². The summed E-state index contributed by atoms with van der Waals surface area (Å²) in [5.41, 5.74) is 0.914. The molecule has 7 heteroatoms. The van der Waals surface area contributed by atoms with Gasteiger partial charge in [0.1, 0.15) is 10.6 Å². The molecule has 108 valence electrons. The normalized spacial score (nSPS) is 10.9. The highest BCUT2D eigenvalue weighted by Gasteiger charge is 2.11. The molecule has 2 heterocycles. The van der Waals surface area contributed by atoms with E-state index >= 15 is 0 Å². The first kappa shape index (κ1) is 14.6. The van der Waals surface area contributed by atoms with E-state index in [1.807, 2.05) is 25.2 Å². The zero-order chi connectivity index (χ0) is 15.0. The number of aromatic nitrogens is 2. The summed E-state index contributed by atoms with van der Waals surface area (Å²) in [4.78, 5) is 11.1. The molecule has 3 rings (SSSR count). The average Bonchev–Trinajstić information content (AvgIpc) is 2.83. The minimum Gasteiger partial charge on any atom is -0.357 e. The lowest BCUT2D eigenvalue weighted by molar-refractivity contribution is 1.20. The van der Waals surface area contributed by atoms with Crippen molar-refractivity contribution in [3.05, 3.63) is 38.6 Å².